The van der Waals surface area contributed by atoms with Crippen LogP contribution in [0.25, 0.3) is 11.4 Å². The summed E-state index contributed by atoms with van der Waals surface area (Å²) in [4.78, 5) is 12.5. The van der Waals surface area contributed by atoms with Gasteiger partial charge in [-0.3, -0.25) is 0 Å². The molecule has 6 nitrogen and oxygen atoms in total. The molecule has 6 heteroatoms. The van der Waals surface area contributed by atoms with Crippen LogP contribution in [0.4, 0.5) is 17.6 Å². The van der Waals surface area contributed by atoms with Crippen molar-refractivity contribution >= 4 is 17.6 Å². The summed E-state index contributed by atoms with van der Waals surface area (Å²) < 4.78 is 0. The first-order chi connectivity index (χ1) is 9.19. The first-order valence-electron chi connectivity index (χ1n) is 6.30. The molecule has 0 amide bonds. The van der Waals surface area contributed by atoms with Crippen LogP contribution in [0.5, 0.6) is 0 Å². The topological polar surface area (TPSA) is 103 Å². The Morgan fingerprint density at radius 1 is 1.16 bits per heavy atom. The third-order valence-corrected chi connectivity index (χ3v) is 2.61. The quantitative estimate of drug-likeness (QED) is 0.559. The van der Waals surface area contributed by atoms with Crippen LogP contribution in [0.2, 0.25) is 0 Å². The number of nitrogens with one attached hydrogen (secondary N) is 1. The number of nitrogens with zero attached hydrogens (tertiary/aromatic N) is 3. The highest BCUT2D eigenvalue weighted by molar-refractivity contribution is 5.62. The molecule has 1 aromatic heterocycles. The maximum Gasteiger partial charge on any atom is 0.228 e. The molecule has 0 aliphatic heterocycles. The molecule has 0 fully saturated rings. The average Bonchev–Trinajstić information content (AvgIpc) is 2.38. The minimum atomic E-state index is 0.200. The van der Waals surface area contributed by atoms with Crippen LogP contribution in [-0.4, -0.2) is 21.5 Å². The van der Waals surface area contributed by atoms with Gasteiger partial charge in [0.15, 0.2) is 5.82 Å². The number of rotatable bonds is 5. The Morgan fingerprint density at radius 3 is 2.74 bits per heavy atom. The smallest absolute Gasteiger partial charge is 0.228 e. The van der Waals surface area contributed by atoms with Crippen molar-refractivity contribution in [3.63, 3.8) is 0 Å². The van der Waals surface area contributed by atoms with E-state index >= 15 is 0 Å². The Balaban J connectivity index is 2.26. The predicted molar refractivity (Wildman–Crippen MR) is 77.5 cm³/mol. The summed E-state index contributed by atoms with van der Waals surface area (Å²) in [7, 11) is 0. The molecule has 0 saturated heterocycles. The molecule has 2 aromatic rings. The van der Waals surface area contributed by atoms with Crippen molar-refractivity contribution in [2.45, 2.75) is 19.8 Å². The van der Waals surface area contributed by atoms with E-state index in [4.69, 9.17) is 11.5 Å². The van der Waals surface area contributed by atoms with Crippen molar-refractivity contribution in [1.82, 2.24) is 15.0 Å². The molecule has 0 unspecified atom stereocenters. The second kappa shape index (κ2) is 5.99. The Bertz CT molecular complexity index is 555. The summed E-state index contributed by atoms with van der Waals surface area (Å²) in [5.74, 6) is 1.23. The highest BCUT2D eigenvalue weighted by Crippen LogP contribution is 2.19. The fourth-order valence-electron chi connectivity index (χ4n) is 1.66. The zero-order chi connectivity index (χ0) is 13.7. The zero-order valence-electron chi connectivity index (χ0n) is 10.9. The molecule has 1 aromatic carbocycles. The monoisotopic (exact) mass is 258 g/mol. The van der Waals surface area contributed by atoms with Crippen molar-refractivity contribution in [2.24, 2.45) is 0 Å². The summed E-state index contributed by atoms with van der Waals surface area (Å²) >= 11 is 0. The Morgan fingerprint density at radius 2 is 2.00 bits per heavy atom. The summed E-state index contributed by atoms with van der Waals surface area (Å²) in [5.41, 5.74) is 12.9. The Hall–Kier alpha value is -2.37. The van der Waals surface area contributed by atoms with Gasteiger partial charge in [-0.05, 0) is 18.6 Å². The van der Waals surface area contributed by atoms with Gasteiger partial charge in [0, 0.05) is 17.8 Å². The Labute approximate surface area is 112 Å². The summed E-state index contributed by atoms with van der Waals surface area (Å²) in [5, 5.41) is 3.14. The summed E-state index contributed by atoms with van der Waals surface area (Å²) in [6.07, 6.45) is 2.16. The number of hydrogen-bond acceptors (Lipinski definition) is 6. The molecule has 100 valence electrons. The Kier molecular flexibility index (Phi) is 4.12. The standard InChI is InChI=1S/C13H18N6/c1-2-3-7-16-13-18-11(17-12(15)19-13)9-5-4-6-10(14)8-9/h4-6,8H,2-3,7,14H2,1H3,(H3,15,16,17,18,19). The van der Waals surface area contributed by atoms with Crippen LogP contribution in [-0.2, 0) is 0 Å². The first kappa shape index (κ1) is 13.1. The molecule has 19 heavy (non-hydrogen) atoms. The number of hydrogen-bond donors (Lipinski definition) is 3. The van der Waals surface area contributed by atoms with Crippen molar-refractivity contribution in [3.05, 3.63) is 24.3 Å². The molecule has 0 bridgehead atoms. The van der Waals surface area contributed by atoms with Crippen molar-refractivity contribution < 1.29 is 0 Å². The maximum atomic E-state index is 5.75. The van der Waals surface area contributed by atoms with Gasteiger partial charge in [-0.25, -0.2) is 0 Å². The van der Waals surface area contributed by atoms with Crippen molar-refractivity contribution in [3.8, 4) is 11.4 Å². The van der Waals surface area contributed by atoms with E-state index < -0.39 is 0 Å². The van der Waals surface area contributed by atoms with E-state index in [-0.39, 0.29) is 5.95 Å². The van der Waals surface area contributed by atoms with E-state index in [2.05, 4.69) is 27.2 Å². The lowest BCUT2D eigenvalue weighted by molar-refractivity contribution is 0.825. The minimum absolute atomic E-state index is 0.200. The van der Waals surface area contributed by atoms with Gasteiger partial charge in [-0.2, -0.15) is 15.0 Å². The third kappa shape index (κ3) is 3.54. The van der Waals surface area contributed by atoms with Gasteiger partial charge in [0.2, 0.25) is 11.9 Å². The summed E-state index contributed by atoms with van der Waals surface area (Å²) in [6.45, 7) is 2.94. The molecule has 0 spiro atoms. The van der Waals surface area contributed by atoms with Crippen LogP contribution in [0, 0.1) is 0 Å². The molecule has 2 rings (SSSR count). The second-order valence-electron chi connectivity index (χ2n) is 4.25. The highest BCUT2D eigenvalue weighted by Gasteiger charge is 2.06. The molecular weight excluding hydrogens is 240 g/mol. The van der Waals surface area contributed by atoms with E-state index in [1.165, 1.54) is 0 Å². The predicted octanol–water partition coefficient (Wildman–Crippen LogP) is 1.91. The van der Waals surface area contributed by atoms with E-state index in [1.807, 2.05) is 24.3 Å². The normalized spacial score (nSPS) is 10.4. The van der Waals surface area contributed by atoms with Crippen LogP contribution in [0.3, 0.4) is 0 Å². The van der Waals surface area contributed by atoms with E-state index in [1.54, 1.807) is 0 Å². The largest absolute Gasteiger partial charge is 0.399 e. The molecular formula is C13H18N6. The molecule has 0 radical (unpaired) electrons. The molecule has 5 N–H and O–H groups in total. The van der Waals surface area contributed by atoms with Gasteiger partial charge in [0.25, 0.3) is 0 Å². The van der Waals surface area contributed by atoms with Crippen molar-refractivity contribution in [1.29, 1.82) is 0 Å². The number of aromatic nitrogens is 3. The van der Waals surface area contributed by atoms with Crippen LogP contribution >= 0.6 is 0 Å². The molecule has 0 atom stereocenters. The number of anilines is 3. The third-order valence-electron chi connectivity index (χ3n) is 2.61. The molecule has 0 saturated carbocycles. The van der Waals surface area contributed by atoms with Gasteiger partial charge in [-0.15, -0.1) is 0 Å². The molecule has 0 aliphatic carbocycles. The number of nitrogen functional groups attached to an aromatic ring is 2. The minimum Gasteiger partial charge on any atom is -0.399 e. The van der Waals surface area contributed by atoms with Gasteiger partial charge in [-0.1, -0.05) is 25.5 Å². The molecule has 0 aliphatic rings. The highest BCUT2D eigenvalue weighted by atomic mass is 15.2. The van der Waals surface area contributed by atoms with Crippen LogP contribution in [0.15, 0.2) is 24.3 Å². The summed E-state index contributed by atoms with van der Waals surface area (Å²) in [6, 6.07) is 7.37. The van der Waals surface area contributed by atoms with Crippen molar-refractivity contribution in [2.75, 3.05) is 23.3 Å². The lowest BCUT2D eigenvalue weighted by atomic mass is 10.2. The van der Waals surface area contributed by atoms with Crippen LogP contribution in [0.1, 0.15) is 19.8 Å². The molecule has 1 heterocycles. The zero-order valence-corrected chi connectivity index (χ0v) is 10.9. The fraction of sp³-hybridized carbons (Fsp3) is 0.308. The maximum absolute atomic E-state index is 5.75. The lowest BCUT2D eigenvalue weighted by Gasteiger charge is -2.07. The van der Waals surface area contributed by atoms with Gasteiger partial charge < -0.3 is 16.8 Å². The van der Waals surface area contributed by atoms with Gasteiger partial charge >= 0.3 is 0 Å². The first-order valence-corrected chi connectivity index (χ1v) is 6.30. The van der Waals surface area contributed by atoms with E-state index in [0.717, 1.165) is 24.9 Å². The van der Waals surface area contributed by atoms with Gasteiger partial charge in [0.1, 0.15) is 0 Å². The number of benzene rings is 1. The average molecular weight is 258 g/mol. The second-order valence-corrected chi connectivity index (χ2v) is 4.25. The SMILES string of the molecule is CCCCNc1nc(N)nc(-c2cccc(N)c2)n1. The fourth-order valence-corrected chi connectivity index (χ4v) is 1.66. The van der Waals surface area contributed by atoms with Gasteiger partial charge in [0.05, 0.1) is 0 Å². The van der Waals surface area contributed by atoms with E-state index in [9.17, 15) is 0 Å². The van der Waals surface area contributed by atoms with E-state index in [0.29, 0.717) is 17.5 Å². The van der Waals surface area contributed by atoms with Crippen LogP contribution < -0.4 is 16.8 Å². The number of nitrogens with two attached hydrogens (primary N) is 2. The lowest BCUT2D eigenvalue weighted by Crippen LogP contribution is -2.09. The number of unbranched alkanes of at least 4 members (excludes halogenated alkanes) is 1.